The van der Waals surface area contributed by atoms with Crippen LogP contribution >= 0.6 is 0 Å². The summed E-state index contributed by atoms with van der Waals surface area (Å²) in [6.07, 6.45) is 1.27. The fourth-order valence-corrected chi connectivity index (χ4v) is 2.25. The molecule has 2 amide bonds. The fourth-order valence-electron chi connectivity index (χ4n) is 2.25. The molecule has 3 nitrogen and oxygen atoms in total. The van der Waals surface area contributed by atoms with Crippen molar-refractivity contribution in [2.24, 2.45) is 0 Å². The molecule has 0 aliphatic heterocycles. The number of carbonyl (C=O) groups excluding carboxylic acids is 2. The largest absolute Gasteiger partial charge is 0.274 e. The van der Waals surface area contributed by atoms with Crippen LogP contribution in [0.1, 0.15) is 30.9 Å². The Labute approximate surface area is 131 Å². The van der Waals surface area contributed by atoms with Gasteiger partial charge in [0.15, 0.2) is 0 Å². The third-order valence-electron chi connectivity index (χ3n) is 3.36. The smallest absolute Gasteiger partial charge is 0.238 e. The molecular formula is C19H20NO2. The van der Waals surface area contributed by atoms with Crippen molar-refractivity contribution >= 4 is 17.5 Å². The van der Waals surface area contributed by atoms with E-state index in [4.69, 9.17) is 0 Å². The summed E-state index contributed by atoms with van der Waals surface area (Å²) >= 11 is 0. The molecule has 0 bridgehead atoms. The van der Waals surface area contributed by atoms with Gasteiger partial charge in [0.1, 0.15) is 0 Å². The fraction of sp³-hybridized carbons (Fsp3) is 0.211. The number of hydrogen-bond acceptors (Lipinski definition) is 2. The van der Waals surface area contributed by atoms with E-state index < -0.39 is 0 Å². The second-order valence-electron chi connectivity index (χ2n) is 5.20. The van der Waals surface area contributed by atoms with Crippen molar-refractivity contribution in [1.29, 1.82) is 0 Å². The first-order chi connectivity index (χ1) is 10.6. The van der Waals surface area contributed by atoms with Crippen LogP contribution in [0.25, 0.3) is 0 Å². The van der Waals surface area contributed by atoms with Crippen molar-refractivity contribution in [1.82, 2.24) is 0 Å². The molecule has 0 aliphatic rings. The number of imide groups is 1. The number of hydrogen-bond donors (Lipinski definition) is 0. The molecule has 0 heterocycles. The van der Waals surface area contributed by atoms with Gasteiger partial charge in [-0.1, -0.05) is 49.4 Å². The number of amides is 2. The van der Waals surface area contributed by atoms with Gasteiger partial charge in [0, 0.05) is 6.42 Å². The molecule has 1 radical (unpaired) electrons. The predicted octanol–water partition coefficient (Wildman–Crippen LogP) is 3.77. The van der Waals surface area contributed by atoms with Crippen molar-refractivity contribution in [3.8, 4) is 0 Å². The molecule has 0 saturated heterocycles. The van der Waals surface area contributed by atoms with Crippen LogP contribution in [0, 0.1) is 6.92 Å². The highest BCUT2D eigenvalue weighted by Gasteiger charge is 2.22. The molecule has 2 aromatic rings. The lowest BCUT2D eigenvalue weighted by Crippen LogP contribution is -2.37. The summed E-state index contributed by atoms with van der Waals surface area (Å²) < 4.78 is 0. The Morgan fingerprint density at radius 1 is 0.955 bits per heavy atom. The summed E-state index contributed by atoms with van der Waals surface area (Å²) in [6, 6.07) is 16.6. The lowest BCUT2D eigenvalue weighted by atomic mass is 10.1. The van der Waals surface area contributed by atoms with E-state index in [0.29, 0.717) is 18.5 Å². The maximum Gasteiger partial charge on any atom is 0.238 e. The standard InChI is InChI=1S/C19H20NO2/c1-3-7-18(21)20(17-12-10-15(2)11-13-17)19(22)14-16-8-5-4-6-9-16/h4-6,8-13H,2-3,7,14H2,1H3. The van der Waals surface area contributed by atoms with E-state index in [2.05, 4.69) is 6.92 Å². The van der Waals surface area contributed by atoms with Crippen molar-refractivity contribution in [2.75, 3.05) is 4.90 Å². The van der Waals surface area contributed by atoms with Gasteiger partial charge in [-0.25, -0.2) is 0 Å². The SMILES string of the molecule is [CH2]c1ccc(N(C(=O)CCC)C(=O)Cc2ccccc2)cc1. The molecule has 3 heteroatoms. The Morgan fingerprint density at radius 2 is 1.59 bits per heavy atom. The predicted molar refractivity (Wildman–Crippen MR) is 88.4 cm³/mol. The Morgan fingerprint density at radius 3 is 2.18 bits per heavy atom. The van der Waals surface area contributed by atoms with Crippen molar-refractivity contribution in [3.63, 3.8) is 0 Å². The Hall–Kier alpha value is -2.42. The molecule has 2 aromatic carbocycles. The number of nitrogens with zero attached hydrogens (tertiary/aromatic N) is 1. The van der Waals surface area contributed by atoms with Crippen molar-refractivity contribution < 1.29 is 9.59 Å². The van der Waals surface area contributed by atoms with Crippen molar-refractivity contribution in [2.45, 2.75) is 26.2 Å². The van der Waals surface area contributed by atoms with Gasteiger partial charge >= 0.3 is 0 Å². The summed E-state index contributed by atoms with van der Waals surface area (Å²) in [7, 11) is 0. The highest BCUT2D eigenvalue weighted by Crippen LogP contribution is 2.18. The first-order valence-electron chi connectivity index (χ1n) is 7.43. The summed E-state index contributed by atoms with van der Waals surface area (Å²) in [5.41, 5.74) is 2.35. The quantitative estimate of drug-likeness (QED) is 0.841. The van der Waals surface area contributed by atoms with Crippen LogP contribution in [-0.4, -0.2) is 11.8 Å². The van der Waals surface area contributed by atoms with Gasteiger partial charge in [0.25, 0.3) is 0 Å². The molecule has 22 heavy (non-hydrogen) atoms. The van der Waals surface area contributed by atoms with Crippen LogP contribution in [-0.2, 0) is 16.0 Å². The highest BCUT2D eigenvalue weighted by atomic mass is 16.2. The molecule has 2 rings (SSSR count). The minimum absolute atomic E-state index is 0.166. The zero-order valence-electron chi connectivity index (χ0n) is 12.8. The first-order valence-corrected chi connectivity index (χ1v) is 7.43. The summed E-state index contributed by atoms with van der Waals surface area (Å²) in [6.45, 7) is 5.75. The van der Waals surface area contributed by atoms with E-state index in [0.717, 1.165) is 11.1 Å². The molecule has 0 aromatic heterocycles. The van der Waals surface area contributed by atoms with Crippen molar-refractivity contribution in [3.05, 3.63) is 72.6 Å². The minimum atomic E-state index is -0.207. The van der Waals surface area contributed by atoms with Crippen LogP contribution in [0.4, 0.5) is 5.69 Å². The minimum Gasteiger partial charge on any atom is -0.274 e. The average Bonchev–Trinajstić information content (AvgIpc) is 2.51. The molecule has 113 valence electrons. The average molecular weight is 294 g/mol. The Kier molecular flexibility index (Phi) is 5.48. The molecule has 0 spiro atoms. The van der Waals surface area contributed by atoms with Gasteiger partial charge in [-0.2, -0.15) is 0 Å². The van der Waals surface area contributed by atoms with Crippen LogP contribution in [0.15, 0.2) is 54.6 Å². The molecule has 0 N–H and O–H groups in total. The highest BCUT2D eigenvalue weighted by molar-refractivity contribution is 6.15. The Balaban J connectivity index is 2.25. The third-order valence-corrected chi connectivity index (χ3v) is 3.36. The topological polar surface area (TPSA) is 37.4 Å². The zero-order valence-corrected chi connectivity index (χ0v) is 12.8. The number of carbonyl (C=O) groups is 2. The molecule has 0 unspecified atom stereocenters. The zero-order chi connectivity index (χ0) is 15.9. The van der Waals surface area contributed by atoms with E-state index in [9.17, 15) is 9.59 Å². The van der Waals surface area contributed by atoms with Gasteiger partial charge in [0.2, 0.25) is 11.8 Å². The third kappa shape index (κ3) is 4.04. The maximum atomic E-state index is 12.6. The van der Waals surface area contributed by atoms with E-state index in [1.54, 1.807) is 24.3 Å². The first kappa shape index (κ1) is 16.0. The number of benzene rings is 2. The Bertz CT molecular complexity index is 632. The normalized spacial score (nSPS) is 10.3. The summed E-state index contributed by atoms with van der Waals surface area (Å²) in [4.78, 5) is 26.2. The van der Waals surface area contributed by atoms with Gasteiger partial charge in [-0.05, 0) is 36.6 Å². The second-order valence-corrected chi connectivity index (χ2v) is 5.20. The van der Waals surface area contributed by atoms with Gasteiger partial charge in [0.05, 0.1) is 12.1 Å². The van der Waals surface area contributed by atoms with E-state index in [1.807, 2.05) is 37.3 Å². The number of anilines is 1. The van der Waals surface area contributed by atoms with Gasteiger partial charge < -0.3 is 0 Å². The summed E-state index contributed by atoms with van der Waals surface area (Å²) in [5.74, 6) is -0.373. The monoisotopic (exact) mass is 294 g/mol. The molecular weight excluding hydrogens is 274 g/mol. The van der Waals surface area contributed by atoms with Crippen LogP contribution in [0.2, 0.25) is 0 Å². The van der Waals surface area contributed by atoms with E-state index >= 15 is 0 Å². The maximum absolute atomic E-state index is 12.6. The number of rotatable bonds is 5. The molecule has 0 saturated carbocycles. The van der Waals surface area contributed by atoms with E-state index in [-0.39, 0.29) is 18.2 Å². The van der Waals surface area contributed by atoms with E-state index in [1.165, 1.54) is 4.90 Å². The van der Waals surface area contributed by atoms with Gasteiger partial charge in [-0.3, -0.25) is 14.5 Å². The second kappa shape index (κ2) is 7.55. The molecule has 0 aliphatic carbocycles. The molecule has 0 atom stereocenters. The lowest BCUT2D eigenvalue weighted by molar-refractivity contribution is -0.126. The summed E-state index contributed by atoms with van der Waals surface area (Å²) in [5, 5.41) is 0. The van der Waals surface area contributed by atoms with Gasteiger partial charge in [-0.15, -0.1) is 0 Å². The van der Waals surface area contributed by atoms with Crippen LogP contribution < -0.4 is 4.90 Å². The van der Waals surface area contributed by atoms with Crippen LogP contribution in [0.3, 0.4) is 0 Å². The van der Waals surface area contributed by atoms with Crippen LogP contribution in [0.5, 0.6) is 0 Å². The lowest BCUT2D eigenvalue weighted by Gasteiger charge is -2.21. The molecule has 0 fully saturated rings.